The van der Waals surface area contributed by atoms with E-state index in [4.69, 9.17) is 26.1 Å². The SMILES string of the molecule is CCNC(=NCCc1ccc(OC)cc1Cl)N1CCC(C(=O)OC)CC1.I. The first kappa shape index (κ1) is 23.8. The van der Waals surface area contributed by atoms with Crippen molar-refractivity contribution in [1.29, 1.82) is 0 Å². The molecule has 1 saturated heterocycles. The number of benzene rings is 1. The summed E-state index contributed by atoms with van der Waals surface area (Å²) in [6.45, 7) is 5.10. The Labute approximate surface area is 183 Å². The Morgan fingerprint density at radius 1 is 1.33 bits per heavy atom. The second-order valence-electron chi connectivity index (χ2n) is 6.23. The van der Waals surface area contributed by atoms with E-state index < -0.39 is 0 Å². The van der Waals surface area contributed by atoms with Gasteiger partial charge in [-0.15, -0.1) is 24.0 Å². The molecule has 1 heterocycles. The number of rotatable bonds is 6. The zero-order chi connectivity index (χ0) is 18.9. The van der Waals surface area contributed by atoms with E-state index in [2.05, 4.69) is 17.1 Å². The van der Waals surface area contributed by atoms with Gasteiger partial charge >= 0.3 is 5.97 Å². The second-order valence-corrected chi connectivity index (χ2v) is 6.63. The molecule has 0 spiro atoms. The van der Waals surface area contributed by atoms with Crippen LogP contribution in [0.15, 0.2) is 23.2 Å². The van der Waals surface area contributed by atoms with Crippen LogP contribution < -0.4 is 10.1 Å². The Hall–Kier alpha value is -1.22. The van der Waals surface area contributed by atoms with Gasteiger partial charge in [-0.2, -0.15) is 0 Å². The van der Waals surface area contributed by atoms with Gasteiger partial charge in [0, 0.05) is 31.2 Å². The number of methoxy groups -OCH3 is 2. The van der Waals surface area contributed by atoms with Gasteiger partial charge in [0.1, 0.15) is 5.75 Å². The summed E-state index contributed by atoms with van der Waals surface area (Å²) in [6.07, 6.45) is 2.35. The molecule has 1 fully saturated rings. The fraction of sp³-hybridized carbons (Fsp3) is 0.579. The van der Waals surface area contributed by atoms with Crippen molar-refractivity contribution in [2.45, 2.75) is 26.2 Å². The molecule has 1 aliphatic rings. The number of carbonyl (C=O) groups is 1. The molecular formula is C19H29ClIN3O3. The molecule has 6 nitrogen and oxygen atoms in total. The van der Waals surface area contributed by atoms with Crippen LogP contribution in [0.5, 0.6) is 5.75 Å². The summed E-state index contributed by atoms with van der Waals surface area (Å²) in [5.41, 5.74) is 1.05. The third-order valence-corrected chi connectivity index (χ3v) is 4.92. The molecule has 0 aliphatic carbocycles. The number of aliphatic imine (C=N–C) groups is 1. The highest BCUT2D eigenvalue weighted by Crippen LogP contribution is 2.23. The summed E-state index contributed by atoms with van der Waals surface area (Å²) in [6, 6.07) is 5.71. The molecule has 1 aliphatic heterocycles. The number of piperidine rings is 1. The van der Waals surface area contributed by atoms with Crippen LogP contribution in [0.4, 0.5) is 0 Å². The normalized spacial score (nSPS) is 15.1. The number of nitrogens with zero attached hydrogens (tertiary/aromatic N) is 2. The first-order chi connectivity index (χ1) is 12.6. The molecule has 1 aromatic carbocycles. The van der Waals surface area contributed by atoms with E-state index in [1.807, 2.05) is 18.2 Å². The minimum absolute atomic E-state index is 0. The molecule has 1 N–H and O–H groups in total. The molecule has 8 heteroatoms. The summed E-state index contributed by atoms with van der Waals surface area (Å²) in [5.74, 6) is 1.53. The second kappa shape index (κ2) is 12.3. The Kier molecular flexibility index (Phi) is 10.8. The maximum Gasteiger partial charge on any atom is 0.308 e. The molecule has 0 unspecified atom stereocenters. The molecule has 0 aromatic heterocycles. The molecule has 2 rings (SSSR count). The van der Waals surface area contributed by atoms with Gasteiger partial charge in [-0.25, -0.2) is 0 Å². The van der Waals surface area contributed by atoms with Crippen molar-refractivity contribution in [2.75, 3.05) is 40.4 Å². The van der Waals surface area contributed by atoms with Gasteiger partial charge in [0.2, 0.25) is 0 Å². The monoisotopic (exact) mass is 509 g/mol. The zero-order valence-electron chi connectivity index (χ0n) is 16.2. The van der Waals surface area contributed by atoms with Crippen LogP contribution in [0.3, 0.4) is 0 Å². The predicted molar refractivity (Wildman–Crippen MR) is 119 cm³/mol. The van der Waals surface area contributed by atoms with Gasteiger partial charge in [-0.05, 0) is 43.9 Å². The molecule has 0 radical (unpaired) electrons. The van der Waals surface area contributed by atoms with Crippen molar-refractivity contribution in [1.82, 2.24) is 10.2 Å². The standard InChI is InChI=1S/C19H28ClN3O3.HI/c1-4-21-19(23-11-8-15(9-12-23)18(24)26-3)22-10-7-14-5-6-16(25-2)13-17(14)20;/h5-6,13,15H,4,7-12H2,1-3H3,(H,21,22);1H. The summed E-state index contributed by atoms with van der Waals surface area (Å²) in [5, 5.41) is 4.03. The lowest BCUT2D eigenvalue weighted by molar-refractivity contribution is -0.146. The van der Waals surface area contributed by atoms with Crippen LogP contribution in [-0.2, 0) is 16.0 Å². The summed E-state index contributed by atoms with van der Waals surface area (Å²) >= 11 is 6.29. The zero-order valence-corrected chi connectivity index (χ0v) is 19.3. The maximum atomic E-state index is 11.7. The Morgan fingerprint density at radius 2 is 2.04 bits per heavy atom. The van der Waals surface area contributed by atoms with E-state index in [-0.39, 0.29) is 35.9 Å². The van der Waals surface area contributed by atoms with E-state index in [1.165, 1.54) is 7.11 Å². The quantitative estimate of drug-likeness (QED) is 0.276. The molecular weight excluding hydrogens is 481 g/mol. The number of halogens is 2. The minimum atomic E-state index is -0.110. The molecule has 0 atom stereocenters. The van der Waals surface area contributed by atoms with E-state index in [9.17, 15) is 4.79 Å². The van der Waals surface area contributed by atoms with Gasteiger partial charge in [0.15, 0.2) is 5.96 Å². The highest BCUT2D eigenvalue weighted by Gasteiger charge is 2.26. The summed E-state index contributed by atoms with van der Waals surface area (Å²) in [4.78, 5) is 18.6. The lowest BCUT2D eigenvalue weighted by Gasteiger charge is -2.33. The number of esters is 1. The molecule has 0 bridgehead atoms. The largest absolute Gasteiger partial charge is 0.497 e. The van der Waals surface area contributed by atoms with E-state index >= 15 is 0 Å². The number of hydrogen-bond donors (Lipinski definition) is 1. The summed E-state index contributed by atoms with van der Waals surface area (Å²) < 4.78 is 10.0. The van der Waals surface area contributed by atoms with Crippen molar-refractivity contribution in [3.05, 3.63) is 28.8 Å². The Morgan fingerprint density at radius 3 is 2.59 bits per heavy atom. The predicted octanol–water partition coefficient (Wildman–Crippen LogP) is 3.36. The fourth-order valence-electron chi connectivity index (χ4n) is 3.06. The van der Waals surface area contributed by atoms with Crippen molar-refractivity contribution in [3.63, 3.8) is 0 Å². The van der Waals surface area contributed by atoms with Gasteiger partial charge in [0.05, 0.1) is 20.1 Å². The van der Waals surface area contributed by atoms with Crippen LogP contribution >= 0.6 is 35.6 Å². The van der Waals surface area contributed by atoms with E-state index in [0.717, 1.165) is 56.2 Å². The van der Waals surface area contributed by atoms with Crippen LogP contribution in [0.2, 0.25) is 5.02 Å². The van der Waals surface area contributed by atoms with E-state index in [0.29, 0.717) is 11.6 Å². The highest BCUT2D eigenvalue weighted by molar-refractivity contribution is 14.0. The molecule has 0 amide bonds. The van der Waals surface area contributed by atoms with Gasteiger partial charge in [-0.1, -0.05) is 17.7 Å². The number of ether oxygens (including phenoxy) is 2. The fourth-order valence-corrected chi connectivity index (χ4v) is 3.32. The number of likely N-dealkylation sites (tertiary alicyclic amines) is 1. The van der Waals surface area contributed by atoms with Crippen molar-refractivity contribution in [3.8, 4) is 5.75 Å². The average Bonchev–Trinajstić information content (AvgIpc) is 2.68. The maximum absolute atomic E-state index is 11.7. The minimum Gasteiger partial charge on any atom is -0.497 e. The van der Waals surface area contributed by atoms with Crippen LogP contribution in [0, 0.1) is 5.92 Å². The highest BCUT2D eigenvalue weighted by atomic mass is 127. The molecule has 1 aromatic rings. The Bertz CT molecular complexity index is 635. The number of nitrogens with one attached hydrogen (secondary N) is 1. The van der Waals surface area contributed by atoms with Crippen LogP contribution in [0.1, 0.15) is 25.3 Å². The molecule has 152 valence electrons. The van der Waals surface area contributed by atoms with Gasteiger partial charge in [0.25, 0.3) is 0 Å². The topological polar surface area (TPSA) is 63.2 Å². The lowest BCUT2D eigenvalue weighted by Crippen LogP contribution is -2.46. The smallest absolute Gasteiger partial charge is 0.308 e. The van der Waals surface area contributed by atoms with Gasteiger partial charge < -0.3 is 19.7 Å². The van der Waals surface area contributed by atoms with Gasteiger partial charge in [-0.3, -0.25) is 9.79 Å². The first-order valence-electron chi connectivity index (χ1n) is 9.02. The van der Waals surface area contributed by atoms with Crippen molar-refractivity contribution in [2.24, 2.45) is 10.9 Å². The van der Waals surface area contributed by atoms with Crippen molar-refractivity contribution >= 4 is 47.5 Å². The molecule has 0 saturated carbocycles. The third kappa shape index (κ3) is 7.03. The average molecular weight is 510 g/mol. The number of hydrogen-bond acceptors (Lipinski definition) is 4. The number of guanidine groups is 1. The first-order valence-corrected chi connectivity index (χ1v) is 9.40. The van der Waals surface area contributed by atoms with Crippen LogP contribution in [0.25, 0.3) is 0 Å². The van der Waals surface area contributed by atoms with Crippen LogP contribution in [-0.4, -0.2) is 57.2 Å². The van der Waals surface area contributed by atoms with E-state index in [1.54, 1.807) is 7.11 Å². The third-order valence-electron chi connectivity index (χ3n) is 4.57. The molecule has 27 heavy (non-hydrogen) atoms. The number of carbonyl (C=O) groups excluding carboxylic acids is 1. The summed E-state index contributed by atoms with van der Waals surface area (Å²) in [7, 11) is 3.08. The Balaban J connectivity index is 0.00000364. The lowest BCUT2D eigenvalue weighted by atomic mass is 9.97. The van der Waals surface area contributed by atoms with Crippen molar-refractivity contribution < 1.29 is 14.3 Å².